The highest BCUT2D eigenvalue weighted by Crippen LogP contribution is 2.39. The van der Waals surface area contributed by atoms with Crippen molar-refractivity contribution in [2.45, 2.75) is 44.4 Å². The third-order valence-corrected chi connectivity index (χ3v) is 8.85. The van der Waals surface area contributed by atoms with Gasteiger partial charge in [0.25, 0.3) is 0 Å². The van der Waals surface area contributed by atoms with E-state index in [9.17, 15) is 17.2 Å². The molecule has 202 valence electrons. The van der Waals surface area contributed by atoms with E-state index in [1.54, 1.807) is 12.3 Å². The second-order valence-electron chi connectivity index (χ2n) is 10.1. The predicted octanol–water partition coefficient (Wildman–Crippen LogP) is 4.03. The molecule has 11 heteroatoms. The van der Waals surface area contributed by atoms with Crippen LogP contribution in [0.2, 0.25) is 0 Å². The summed E-state index contributed by atoms with van der Waals surface area (Å²) in [6.07, 6.45) is 5.61. The Kier molecular flexibility index (Phi) is 7.21. The molecule has 2 aliphatic heterocycles. The van der Waals surface area contributed by atoms with Gasteiger partial charge in [-0.25, -0.2) is 27.2 Å². The summed E-state index contributed by atoms with van der Waals surface area (Å²) < 4.78 is 58.9. The third kappa shape index (κ3) is 5.43. The van der Waals surface area contributed by atoms with Crippen LogP contribution >= 0.6 is 0 Å². The number of hydrogen-bond acceptors (Lipinski definition) is 8. The average Bonchev–Trinajstić information content (AvgIpc) is 2.89. The predicted molar refractivity (Wildman–Crippen MR) is 142 cm³/mol. The van der Waals surface area contributed by atoms with E-state index in [0.717, 1.165) is 11.9 Å². The summed E-state index contributed by atoms with van der Waals surface area (Å²) in [7, 11) is -3.03. The summed E-state index contributed by atoms with van der Waals surface area (Å²) in [5, 5.41) is -0.291. The molecule has 3 aromatic rings. The van der Waals surface area contributed by atoms with Crippen LogP contribution in [0.1, 0.15) is 38.2 Å². The van der Waals surface area contributed by atoms with Gasteiger partial charge in [-0.2, -0.15) is 0 Å². The Morgan fingerprint density at radius 2 is 1.82 bits per heavy atom. The molecular formula is C27H31F2N5O3S. The maximum absolute atomic E-state index is 14.9. The van der Waals surface area contributed by atoms with E-state index >= 15 is 0 Å². The van der Waals surface area contributed by atoms with Crippen molar-refractivity contribution in [2.75, 3.05) is 42.3 Å². The first-order valence-electron chi connectivity index (χ1n) is 12.7. The number of hydrogen-bond donors (Lipinski definition) is 0. The molecular weight excluding hydrogens is 512 g/mol. The molecule has 2 aliphatic rings. The first kappa shape index (κ1) is 26.3. The number of halogens is 2. The number of piperidine rings is 1. The number of benzene rings is 1. The van der Waals surface area contributed by atoms with Crippen LogP contribution in [-0.4, -0.2) is 67.2 Å². The minimum atomic E-state index is -3.03. The Balaban J connectivity index is 1.34. The highest BCUT2D eigenvalue weighted by Gasteiger charge is 2.27. The quantitative estimate of drug-likeness (QED) is 0.461. The number of ether oxygens (including phenoxy) is 1. The standard InChI is InChI=1S/C27H31F2N5O3S/c1-17(2)34-10-11-37-27-22(28)12-18(13-24(27)34)26-23(29)16-31-25(32-26)14-19-4-5-20(15-30-19)33-8-6-21(7-9-33)38(3,35)36/h4-5,12-13,15-17,21H,6-11,14H2,1-3H3. The van der Waals surface area contributed by atoms with E-state index in [1.165, 1.54) is 12.3 Å². The molecule has 5 rings (SSSR count). The van der Waals surface area contributed by atoms with Gasteiger partial charge < -0.3 is 14.5 Å². The molecule has 1 fully saturated rings. The topological polar surface area (TPSA) is 88.5 Å². The maximum atomic E-state index is 14.9. The fourth-order valence-corrected chi connectivity index (χ4v) is 6.15. The van der Waals surface area contributed by atoms with Crippen molar-refractivity contribution >= 4 is 21.2 Å². The number of fused-ring (bicyclic) bond motifs is 1. The minimum Gasteiger partial charge on any atom is -0.486 e. The smallest absolute Gasteiger partial charge is 0.178 e. The second kappa shape index (κ2) is 10.4. The molecule has 0 amide bonds. The molecule has 0 atom stereocenters. The van der Waals surface area contributed by atoms with Gasteiger partial charge in [0.15, 0.2) is 17.4 Å². The number of pyridine rings is 1. The zero-order valence-corrected chi connectivity index (χ0v) is 22.5. The lowest BCUT2D eigenvalue weighted by molar-refractivity contribution is 0.287. The Hall–Kier alpha value is -3.34. The number of rotatable bonds is 6. The fourth-order valence-electron chi connectivity index (χ4n) is 5.08. The van der Waals surface area contributed by atoms with Gasteiger partial charge in [-0.05, 0) is 51.0 Å². The van der Waals surface area contributed by atoms with Crippen molar-refractivity contribution in [2.24, 2.45) is 0 Å². The number of aromatic nitrogens is 3. The van der Waals surface area contributed by atoms with Gasteiger partial charge in [0, 0.05) is 36.6 Å². The van der Waals surface area contributed by atoms with Gasteiger partial charge in [-0.1, -0.05) is 0 Å². The van der Waals surface area contributed by atoms with E-state index in [1.807, 2.05) is 30.9 Å². The van der Waals surface area contributed by atoms with E-state index < -0.39 is 21.5 Å². The number of nitrogens with zero attached hydrogens (tertiary/aromatic N) is 5. The lowest BCUT2D eigenvalue weighted by Crippen LogP contribution is -2.39. The summed E-state index contributed by atoms with van der Waals surface area (Å²) in [5.74, 6) is -0.652. The molecule has 0 aliphatic carbocycles. The largest absolute Gasteiger partial charge is 0.486 e. The van der Waals surface area contributed by atoms with Gasteiger partial charge in [-0.3, -0.25) is 4.98 Å². The van der Waals surface area contributed by atoms with E-state index in [4.69, 9.17) is 4.74 Å². The zero-order valence-electron chi connectivity index (χ0n) is 21.7. The molecule has 2 aromatic heterocycles. The first-order valence-corrected chi connectivity index (χ1v) is 14.7. The molecule has 0 N–H and O–H groups in total. The van der Waals surface area contributed by atoms with Crippen LogP contribution in [0.15, 0.2) is 36.7 Å². The summed E-state index contributed by atoms with van der Waals surface area (Å²) in [6, 6.07) is 6.89. The van der Waals surface area contributed by atoms with Crippen molar-refractivity contribution in [3.63, 3.8) is 0 Å². The lowest BCUT2D eigenvalue weighted by Gasteiger charge is -2.34. The lowest BCUT2D eigenvalue weighted by atomic mass is 10.1. The third-order valence-electron chi connectivity index (χ3n) is 7.16. The average molecular weight is 544 g/mol. The van der Waals surface area contributed by atoms with Gasteiger partial charge >= 0.3 is 0 Å². The van der Waals surface area contributed by atoms with Crippen LogP contribution in [0.5, 0.6) is 5.75 Å². The highest BCUT2D eigenvalue weighted by molar-refractivity contribution is 7.91. The van der Waals surface area contributed by atoms with E-state index in [-0.39, 0.29) is 29.2 Å². The molecule has 0 bridgehead atoms. The fraction of sp³-hybridized carbons (Fsp3) is 0.444. The molecule has 1 saturated heterocycles. The van der Waals surface area contributed by atoms with Crippen molar-refractivity contribution in [3.05, 3.63) is 59.8 Å². The Morgan fingerprint density at radius 3 is 2.47 bits per heavy atom. The van der Waals surface area contributed by atoms with Crippen LogP contribution in [0.3, 0.4) is 0 Å². The Bertz CT molecular complexity index is 1430. The number of anilines is 2. The normalized spacial score (nSPS) is 16.5. The van der Waals surface area contributed by atoms with Gasteiger partial charge in [0.2, 0.25) is 0 Å². The summed E-state index contributed by atoms with van der Waals surface area (Å²) >= 11 is 0. The van der Waals surface area contributed by atoms with E-state index in [2.05, 4.69) is 19.9 Å². The molecule has 1 aromatic carbocycles. The van der Waals surface area contributed by atoms with Gasteiger partial charge in [-0.15, -0.1) is 0 Å². The first-order chi connectivity index (χ1) is 18.1. The van der Waals surface area contributed by atoms with Gasteiger partial charge in [0.05, 0.1) is 42.0 Å². The molecule has 4 heterocycles. The van der Waals surface area contributed by atoms with Crippen LogP contribution < -0.4 is 14.5 Å². The Labute approximate surface area is 221 Å². The molecule has 0 radical (unpaired) electrons. The zero-order chi connectivity index (χ0) is 27.0. The minimum absolute atomic E-state index is 0.0244. The molecule has 8 nitrogen and oxygen atoms in total. The molecule has 0 spiro atoms. The SMILES string of the molecule is CC(C)N1CCOc2c(F)cc(-c3nc(Cc4ccc(N5CCC(S(C)(=O)=O)CC5)cn4)ncc3F)cc21. The van der Waals surface area contributed by atoms with Gasteiger partial charge in [0.1, 0.15) is 28.0 Å². The van der Waals surface area contributed by atoms with Crippen LogP contribution in [0.25, 0.3) is 11.3 Å². The molecule has 38 heavy (non-hydrogen) atoms. The van der Waals surface area contributed by atoms with Crippen molar-refractivity contribution < 1.29 is 21.9 Å². The van der Waals surface area contributed by atoms with Crippen LogP contribution in [0.4, 0.5) is 20.2 Å². The maximum Gasteiger partial charge on any atom is 0.178 e. The van der Waals surface area contributed by atoms with Crippen LogP contribution in [-0.2, 0) is 16.3 Å². The van der Waals surface area contributed by atoms with Crippen LogP contribution in [0, 0.1) is 11.6 Å². The summed E-state index contributed by atoms with van der Waals surface area (Å²) in [6.45, 7) is 6.33. The summed E-state index contributed by atoms with van der Waals surface area (Å²) in [5.41, 5.74) is 2.55. The molecule has 0 unspecified atom stereocenters. The van der Waals surface area contributed by atoms with E-state index in [0.29, 0.717) is 61.9 Å². The monoisotopic (exact) mass is 543 g/mol. The Morgan fingerprint density at radius 1 is 1.05 bits per heavy atom. The number of sulfone groups is 1. The molecule has 0 saturated carbocycles. The highest BCUT2D eigenvalue weighted by atomic mass is 32.2. The van der Waals surface area contributed by atoms with Crippen molar-refractivity contribution in [1.82, 2.24) is 15.0 Å². The summed E-state index contributed by atoms with van der Waals surface area (Å²) in [4.78, 5) is 17.2. The van der Waals surface area contributed by atoms with Crippen molar-refractivity contribution in [3.8, 4) is 17.0 Å². The second-order valence-corrected chi connectivity index (χ2v) is 12.5. The van der Waals surface area contributed by atoms with Crippen molar-refractivity contribution in [1.29, 1.82) is 0 Å².